The van der Waals surface area contributed by atoms with Gasteiger partial charge in [-0.05, 0) is 18.9 Å². The molecule has 0 aromatic rings. The lowest BCUT2D eigenvalue weighted by Crippen LogP contribution is -2.43. The molecule has 1 N–H and O–H groups in total. The summed E-state index contributed by atoms with van der Waals surface area (Å²) in [6.07, 6.45) is 4.19. The van der Waals surface area contributed by atoms with Crippen LogP contribution in [0, 0.1) is 5.92 Å². The van der Waals surface area contributed by atoms with Gasteiger partial charge in [0.2, 0.25) is 0 Å². The van der Waals surface area contributed by atoms with Crippen LogP contribution in [0.5, 0.6) is 0 Å². The Labute approximate surface area is 96.4 Å². The molecule has 15 heavy (non-hydrogen) atoms. The van der Waals surface area contributed by atoms with E-state index in [-0.39, 0.29) is 0 Å². The number of hydrogen-bond donors (Lipinski definition) is 1. The molecule has 0 spiro atoms. The summed E-state index contributed by atoms with van der Waals surface area (Å²) in [4.78, 5) is 2.58. The van der Waals surface area contributed by atoms with Gasteiger partial charge in [-0.3, -0.25) is 0 Å². The second kappa shape index (κ2) is 10.4. The van der Waals surface area contributed by atoms with Crippen LogP contribution in [-0.4, -0.2) is 37.6 Å². The Morgan fingerprint density at radius 2 is 1.67 bits per heavy atom. The molecule has 1 heterocycles. The fraction of sp³-hybridized carbons (Fsp3) is 1.00. The highest BCUT2D eigenvalue weighted by molar-refractivity contribution is 4.67. The van der Waals surface area contributed by atoms with E-state index >= 15 is 0 Å². The van der Waals surface area contributed by atoms with Crippen LogP contribution in [0.25, 0.3) is 0 Å². The lowest BCUT2D eigenvalue weighted by Gasteiger charge is -2.27. The Morgan fingerprint density at radius 1 is 1.07 bits per heavy atom. The molecule has 0 aliphatic carbocycles. The zero-order valence-electron chi connectivity index (χ0n) is 11.2. The van der Waals surface area contributed by atoms with Gasteiger partial charge in [-0.15, -0.1) is 0 Å². The first-order valence-electron chi connectivity index (χ1n) is 6.72. The molecule has 0 aromatic carbocycles. The number of unbranched alkanes of at least 4 members (excludes halogenated alkanes) is 1. The maximum atomic E-state index is 3.38. The minimum atomic E-state index is 0.878. The Hall–Kier alpha value is -0.0800. The summed E-state index contributed by atoms with van der Waals surface area (Å²) in [6, 6.07) is 0. The molecular weight excluding hydrogens is 184 g/mol. The average molecular weight is 214 g/mol. The molecule has 0 aromatic heterocycles. The highest BCUT2D eigenvalue weighted by Crippen LogP contribution is 2.07. The molecule has 92 valence electrons. The fourth-order valence-corrected chi connectivity index (χ4v) is 1.82. The normalized spacial score (nSPS) is 17.4. The van der Waals surface area contributed by atoms with Crippen LogP contribution in [0.2, 0.25) is 0 Å². The second-order valence-corrected chi connectivity index (χ2v) is 4.48. The number of piperazine rings is 1. The SMILES string of the molecule is CC.CC(C)CCCCN1CCNCC1. The fourth-order valence-electron chi connectivity index (χ4n) is 1.82. The third-order valence-corrected chi connectivity index (χ3v) is 2.72. The number of nitrogens with one attached hydrogen (secondary N) is 1. The predicted octanol–water partition coefficient (Wildman–Crippen LogP) is 2.74. The average Bonchev–Trinajstić information content (AvgIpc) is 2.28. The summed E-state index contributed by atoms with van der Waals surface area (Å²) in [5.74, 6) is 0.878. The smallest absolute Gasteiger partial charge is 0.0107 e. The van der Waals surface area contributed by atoms with E-state index in [1.807, 2.05) is 13.8 Å². The monoisotopic (exact) mass is 214 g/mol. The minimum absolute atomic E-state index is 0.878. The lowest BCUT2D eigenvalue weighted by molar-refractivity contribution is 0.235. The van der Waals surface area contributed by atoms with Gasteiger partial charge in [0.05, 0.1) is 0 Å². The third-order valence-electron chi connectivity index (χ3n) is 2.72. The van der Waals surface area contributed by atoms with E-state index in [0.29, 0.717) is 0 Å². The largest absolute Gasteiger partial charge is 0.314 e. The van der Waals surface area contributed by atoms with Gasteiger partial charge < -0.3 is 10.2 Å². The van der Waals surface area contributed by atoms with E-state index < -0.39 is 0 Å². The van der Waals surface area contributed by atoms with E-state index in [0.717, 1.165) is 5.92 Å². The third kappa shape index (κ3) is 8.88. The molecule has 1 aliphatic heterocycles. The van der Waals surface area contributed by atoms with Crippen molar-refractivity contribution in [1.82, 2.24) is 10.2 Å². The van der Waals surface area contributed by atoms with Crippen LogP contribution in [0.1, 0.15) is 47.0 Å². The predicted molar refractivity (Wildman–Crippen MR) is 69.3 cm³/mol. The summed E-state index contributed by atoms with van der Waals surface area (Å²) in [7, 11) is 0. The Morgan fingerprint density at radius 3 is 2.20 bits per heavy atom. The molecule has 0 atom stereocenters. The molecule has 1 saturated heterocycles. The summed E-state index contributed by atoms with van der Waals surface area (Å²) in [5, 5.41) is 3.38. The summed E-state index contributed by atoms with van der Waals surface area (Å²) < 4.78 is 0. The van der Waals surface area contributed by atoms with Crippen molar-refractivity contribution in [3.63, 3.8) is 0 Å². The van der Waals surface area contributed by atoms with Gasteiger partial charge in [-0.25, -0.2) is 0 Å². The molecule has 1 aliphatic rings. The van der Waals surface area contributed by atoms with Crippen molar-refractivity contribution in [2.75, 3.05) is 32.7 Å². The van der Waals surface area contributed by atoms with Crippen molar-refractivity contribution in [2.24, 2.45) is 5.92 Å². The number of rotatable bonds is 5. The maximum absolute atomic E-state index is 3.38. The molecule has 0 radical (unpaired) electrons. The van der Waals surface area contributed by atoms with E-state index in [9.17, 15) is 0 Å². The van der Waals surface area contributed by atoms with E-state index in [4.69, 9.17) is 0 Å². The Bertz CT molecular complexity index is 118. The first-order chi connectivity index (χ1) is 7.29. The van der Waals surface area contributed by atoms with Crippen LogP contribution in [0.4, 0.5) is 0 Å². The van der Waals surface area contributed by atoms with Gasteiger partial charge in [0, 0.05) is 26.2 Å². The van der Waals surface area contributed by atoms with Crippen LogP contribution in [-0.2, 0) is 0 Å². The first-order valence-corrected chi connectivity index (χ1v) is 6.72. The highest BCUT2D eigenvalue weighted by atomic mass is 15.2. The van der Waals surface area contributed by atoms with Crippen molar-refractivity contribution in [3.05, 3.63) is 0 Å². The van der Waals surface area contributed by atoms with Crippen molar-refractivity contribution < 1.29 is 0 Å². The highest BCUT2D eigenvalue weighted by Gasteiger charge is 2.07. The van der Waals surface area contributed by atoms with Crippen LogP contribution in [0.15, 0.2) is 0 Å². The zero-order chi connectivity index (χ0) is 11.5. The standard InChI is InChI=1S/C11H24N2.C2H6/c1-11(2)5-3-4-8-13-9-6-12-7-10-13;1-2/h11-12H,3-10H2,1-2H3;1-2H3. The van der Waals surface area contributed by atoms with E-state index in [2.05, 4.69) is 24.1 Å². The molecule has 0 bridgehead atoms. The van der Waals surface area contributed by atoms with Gasteiger partial charge in [-0.2, -0.15) is 0 Å². The molecule has 0 unspecified atom stereocenters. The molecule has 2 nitrogen and oxygen atoms in total. The summed E-state index contributed by atoms with van der Waals surface area (Å²) in [5.41, 5.74) is 0. The van der Waals surface area contributed by atoms with E-state index in [1.54, 1.807) is 0 Å². The topological polar surface area (TPSA) is 15.3 Å². The Balaban J connectivity index is 0.000000921. The zero-order valence-corrected chi connectivity index (χ0v) is 11.2. The number of nitrogens with zero attached hydrogens (tertiary/aromatic N) is 1. The van der Waals surface area contributed by atoms with Gasteiger partial charge in [-0.1, -0.05) is 40.5 Å². The molecule has 0 saturated carbocycles. The van der Waals surface area contributed by atoms with Crippen molar-refractivity contribution >= 4 is 0 Å². The molecule has 0 amide bonds. The maximum Gasteiger partial charge on any atom is 0.0107 e. The molecule has 1 fully saturated rings. The van der Waals surface area contributed by atoms with Crippen molar-refractivity contribution in [3.8, 4) is 0 Å². The minimum Gasteiger partial charge on any atom is -0.314 e. The van der Waals surface area contributed by atoms with Crippen LogP contribution in [0.3, 0.4) is 0 Å². The lowest BCUT2D eigenvalue weighted by atomic mass is 10.1. The van der Waals surface area contributed by atoms with Crippen molar-refractivity contribution in [1.29, 1.82) is 0 Å². The summed E-state index contributed by atoms with van der Waals surface area (Å²) in [6.45, 7) is 14.8. The quantitative estimate of drug-likeness (QED) is 0.708. The van der Waals surface area contributed by atoms with Gasteiger partial charge in [0.15, 0.2) is 0 Å². The van der Waals surface area contributed by atoms with Crippen molar-refractivity contribution in [2.45, 2.75) is 47.0 Å². The molecule has 1 rings (SSSR count). The van der Waals surface area contributed by atoms with Crippen LogP contribution < -0.4 is 5.32 Å². The number of hydrogen-bond acceptors (Lipinski definition) is 2. The van der Waals surface area contributed by atoms with E-state index in [1.165, 1.54) is 52.0 Å². The Kier molecular flexibility index (Phi) is 10.4. The molecule has 2 heteroatoms. The summed E-state index contributed by atoms with van der Waals surface area (Å²) >= 11 is 0. The van der Waals surface area contributed by atoms with Gasteiger partial charge >= 0.3 is 0 Å². The van der Waals surface area contributed by atoms with Crippen LogP contribution >= 0.6 is 0 Å². The van der Waals surface area contributed by atoms with Gasteiger partial charge in [0.1, 0.15) is 0 Å². The van der Waals surface area contributed by atoms with Gasteiger partial charge in [0.25, 0.3) is 0 Å². The second-order valence-electron chi connectivity index (χ2n) is 4.48. The molecular formula is C13H30N2. The first kappa shape index (κ1) is 14.9.